The Labute approximate surface area is 169 Å². The van der Waals surface area contributed by atoms with Crippen LogP contribution in [0.5, 0.6) is 11.5 Å². The first kappa shape index (κ1) is 20.4. The summed E-state index contributed by atoms with van der Waals surface area (Å²) in [6.07, 6.45) is 1.78. The third kappa shape index (κ3) is 5.33. The van der Waals surface area contributed by atoms with E-state index in [9.17, 15) is 4.79 Å². The van der Waals surface area contributed by atoms with E-state index in [-0.39, 0.29) is 10.8 Å². The van der Waals surface area contributed by atoms with Crippen LogP contribution < -0.4 is 20.1 Å². The minimum Gasteiger partial charge on any atom is -0.493 e. The van der Waals surface area contributed by atoms with Crippen molar-refractivity contribution in [1.29, 1.82) is 0 Å². The van der Waals surface area contributed by atoms with Crippen molar-refractivity contribution < 1.29 is 19.0 Å². The summed E-state index contributed by atoms with van der Waals surface area (Å²) in [6, 6.07) is 15.3. The number of methoxy groups -OCH3 is 2. The van der Waals surface area contributed by atoms with Gasteiger partial charge in [-0.25, -0.2) is 4.79 Å². The Morgan fingerprint density at radius 1 is 1.07 bits per heavy atom. The van der Waals surface area contributed by atoms with Crippen molar-refractivity contribution in [3.63, 3.8) is 0 Å². The molecule has 0 bridgehead atoms. The second kappa shape index (κ2) is 9.71. The molecule has 2 N–H and O–H groups in total. The average Bonchev–Trinajstić information content (AvgIpc) is 2.73. The summed E-state index contributed by atoms with van der Waals surface area (Å²) in [4.78, 5) is 13.7. The summed E-state index contributed by atoms with van der Waals surface area (Å²) in [6.45, 7) is 1.98. The molecule has 0 aromatic heterocycles. The summed E-state index contributed by atoms with van der Waals surface area (Å²) >= 11 is 1.81. The van der Waals surface area contributed by atoms with Crippen LogP contribution in [0.25, 0.3) is 0 Å². The number of anilines is 1. The van der Waals surface area contributed by atoms with E-state index in [1.807, 2.05) is 30.0 Å². The van der Waals surface area contributed by atoms with E-state index in [1.54, 1.807) is 32.4 Å². The SMILES string of the molecule is COc1ccc(NC(=O)NCC2(Sc3ccccc3)CCOCC2)cc1OC. The van der Waals surface area contributed by atoms with Crippen LogP contribution in [-0.4, -0.2) is 44.8 Å². The molecule has 2 aromatic rings. The van der Waals surface area contributed by atoms with Crippen LogP contribution in [-0.2, 0) is 4.74 Å². The molecule has 1 saturated heterocycles. The Morgan fingerprint density at radius 2 is 1.79 bits per heavy atom. The van der Waals surface area contributed by atoms with Crippen LogP contribution in [0.15, 0.2) is 53.4 Å². The first-order chi connectivity index (χ1) is 13.6. The molecule has 0 radical (unpaired) electrons. The van der Waals surface area contributed by atoms with Gasteiger partial charge in [-0.1, -0.05) is 18.2 Å². The van der Waals surface area contributed by atoms with Crippen LogP contribution in [0.2, 0.25) is 0 Å². The largest absolute Gasteiger partial charge is 0.493 e. The first-order valence-corrected chi connectivity index (χ1v) is 10.0. The highest BCUT2D eigenvalue weighted by Crippen LogP contribution is 2.40. The van der Waals surface area contributed by atoms with Crippen molar-refractivity contribution in [1.82, 2.24) is 5.32 Å². The Bertz CT molecular complexity index is 779. The molecule has 0 atom stereocenters. The molecule has 3 rings (SSSR count). The number of amides is 2. The van der Waals surface area contributed by atoms with Crippen LogP contribution in [0.4, 0.5) is 10.5 Å². The molecule has 1 fully saturated rings. The lowest BCUT2D eigenvalue weighted by Gasteiger charge is -2.36. The van der Waals surface area contributed by atoms with Crippen molar-refractivity contribution >= 4 is 23.5 Å². The summed E-state index contributed by atoms with van der Waals surface area (Å²) in [5, 5.41) is 5.89. The second-order valence-corrected chi connectivity index (χ2v) is 8.13. The van der Waals surface area contributed by atoms with Crippen LogP contribution in [0, 0.1) is 0 Å². The number of carbonyl (C=O) groups is 1. The van der Waals surface area contributed by atoms with Crippen LogP contribution >= 0.6 is 11.8 Å². The molecule has 1 heterocycles. The van der Waals surface area contributed by atoms with Gasteiger partial charge in [0.15, 0.2) is 11.5 Å². The summed E-state index contributed by atoms with van der Waals surface area (Å²) in [7, 11) is 3.15. The van der Waals surface area contributed by atoms with Crippen LogP contribution in [0.3, 0.4) is 0 Å². The van der Waals surface area contributed by atoms with Gasteiger partial charge in [-0.15, -0.1) is 11.8 Å². The van der Waals surface area contributed by atoms with Crippen molar-refractivity contribution in [2.24, 2.45) is 0 Å². The molecule has 0 unspecified atom stereocenters. The third-order valence-corrected chi connectivity index (χ3v) is 6.19. The molecule has 2 aromatic carbocycles. The number of ether oxygens (including phenoxy) is 3. The first-order valence-electron chi connectivity index (χ1n) is 9.23. The minimum absolute atomic E-state index is 0.0749. The molecule has 6 nitrogen and oxygen atoms in total. The summed E-state index contributed by atoms with van der Waals surface area (Å²) in [5.41, 5.74) is 0.645. The molecule has 1 aliphatic heterocycles. The van der Waals surface area contributed by atoms with Crippen molar-refractivity contribution in [3.05, 3.63) is 48.5 Å². The molecule has 0 aliphatic carbocycles. The fraction of sp³-hybridized carbons (Fsp3) is 0.381. The zero-order valence-electron chi connectivity index (χ0n) is 16.2. The minimum atomic E-state index is -0.244. The number of urea groups is 1. The number of hydrogen-bond acceptors (Lipinski definition) is 5. The van der Waals surface area contributed by atoms with Crippen molar-refractivity contribution in [3.8, 4) is 11.5 Å². The van der Waals surface area contributed by atoms with E-state index >= 15 is 0 Å². The van der Waals surface area contributed by atoms with E-state index in [0.717, 1.165) is 12.8 Å². The smallest absolute Gasteiger partial charge is 0.319 e. The second-order valence-electron chi connectivity index (χ2n) is 6.59. The third-order valence-electron chi connectivity index (χ3n) is 4.69. The molecule has 28 heavy (non-hydrogen) atoms. The molecule has 0 spiro atoms. The Morgan fingerprint density at radius 3 is 2.46 bits per heavy atom. The fourth-order valence-corrected chi connectivity index (χ4v) is 4.44. The molecule has 2 amide bonds. The zero-order valence-corrected chi connectivity index (χ0v) is 17.0. The van der Waals surface area contributed by atoms with Gasteiger partial charge in [-0.2, -0.15) is 0 Å². The number of nitrogens with one attached hydrogen (secondary N) is 2. The number of carbonyl (C=O) groups excluding carboxylic acids is 1. The monoisotopic (exact) mass is 402 g/mol. The van der Waals surface area contributed by atoms with Gasteiger partial charge in [0.05, 0.1) is 14.2 Å². The molecule has 7 heteroatoms. The highest BCUT2D eigenvalue weighted by Gasteiger charge is 2.34. The molecule has 0 saturated carbocycles. The molecule has 150 valence electrons. The lowest BCUT2D eigenvalue weighted by molar-refractivity contribution is 0.0777. The van der Waals surface area contributed by atoms with Crippen molar-refractivity contribution in [2.75, 3.05) is 39.3 Å². The highest BCUT2D eigenvalue weighted by atomic mass is 32.2. The van der Waals surface area contributed by atoms with E-state index in [2.05, 4.69) is 22.8 Å². The number of rotatable bonds is 7. The molecular formula is C21H26N2O4S. The summed E-state index contributed by atoms with van der Waals surface area (Å²) < 4.78 is 16.0. The predicted octanol–water partition coefficient (Wildman–Crippen LogP) is 4.17. The van der Waals surface area contributed by atoms with E-state index < -0.39 is 0 Å². The zero-order chi connectivity index (χ0) is 19.8. The Kier molecular flexibility index (Phi) is 7.06. The fourth-order valence-electron chi connectivity index (χ4n) is 3.13. The van der Waals surface area contributed by atoms with Gasteiger partial charge < -0.3 is 24.8 Å². The van der Waals surface area contributed by atoms with E-state index in [4.69, 9.17) is 14.2 Å². The quantitative estimate of drug-likeness (QED) is 0.728. The number of benzene rings is 2. The van der Waals surface area contributed by atoms with Crippen molar-refractivity contribution in [2.45, 2.75) is 22.5 Å². The van der Waals surface area contributed by atoms with E-state index in [1.165, 1.54) is 4.90 Å². The van der Waals surface area contributed by atoms with Gasteiger partial charge in [-0.05, 0) is 37.1 Å². The average molecular weight is 403 g/mol. The normalized spacial score (nSPS) is 15.5. The maximum Gasteiger partial charge on any atom is 0.319 e. The van der Waals surface area contributed by atoms with Gasteiger partial charge in [-0.3, -0.25) is 0 Å². The summed E-state index contributed by atoms with van der Waals surface area (Å²) in [5.74, 6) is 1.19. The van der Waals surface area contributed by atoms with Gasteiger partial charge >= 0.3 is 6.03 Å². The predicted molar refractivity (Wildman–Crippen MR) is 112 cm³/mol. The lowest BCUT2D eigenvalue weighted by atomic mass is 9.99. The van der Waals surface area contributed by atoms with Gasteiger partial charge in [0.2, 0.25) is 0 Å². The molecular weight excluding hydrogens is 376 g/mol. The van der Waals surface area contributed by atoms with Gasteiger partial charge in [0, 0.05) is 41.2 Å². The maximum atomic E-state index is 12.5. The van der Waals surface area contributed by atoms with Gasteiger partial charge in [0.1, 0.15) is 0 Å². The molecule has 1 aliphatic rings. The van der Waals surface area contributed by atoms with E-state index in [0.29, 0.717) is 36.9 Å². The van der Waals surface area contributed by atoms with Crippen LogP contribution in [0.1, 0.15) is 12.8 Å². The topological polar surface area (TPSA) is 68.8 Å². The Hall–Kier alpha value is -2.38. The van der Waals surface area contributed by atoms with Gasteiger partial charge in [0.25, 0.3) is 0 Å². The number of hydrogen-bond donors (Lipinski definition) is 2. The highest BCUT2D eigenvalue weighted by molar-refractivity contribution is 8.00. The Balaban J connectivity index is 1.62. The number of thioether (sulfide) groups is 1. The standard InChI is InChI=1S/C21H26N2O4S/c1-25-18-9-8-16(14-19(18)26-2)23-20(24)22-15-21(10-12-27-13-11-21)28-17-6-4-3-5-7-17/h3-9,14H,10-13,15H2,1-2H3,(H2,22,23,24). The lowest BCUT2D eigenvalue weighted by Crippen LogP contribution is -2.45. The maximum absolute atomic E-state index is 12.5.